The van der Waals surface area contributed by atoms with Gasteiger partial charge in [0.05, 0.1) is 0 Å². The molecule has 2 aliphatic carbocycles. The molecule has 0 aliphatic heterocycles. The summed E-state index contributed by atoms with van der Waals surface area (Å²) in [5.74, 6) is 0.134. The maximum atomic E-state index is 10.8. The molecule has 3 N–H and O–H groups in total. The number of fused-ring (bicyclic) bond motifs is 3. The van der Waals surface area contributed by atoms with Crippen molar-refractivity contribution in [2.45, 2.75) is 65.2 Å². The molecule has 0 bridgehead atoms. The summed E-state index contributed by atoms with van der Waals surface area (Å²) in [6, 6.07) is 0. The third-order valence-corrected chi connectivity index (χ3v) is 6.15. The number of aromatic hydroxyl groups is 3. The lowest BCUT2D eigenvalue weighted by Crippen LogP contribution is -2.45. The van der Waals surface area contributed by atoms with Gasteiger partial charge in [0.1, 0.15) is 5.75 Å². The molecule has 0 aromatic heterocycles. The molecule has 1 aromatic rings. The maximum absolute atomic E-state index is 10.8. The molecule has 0 amide bonds. The van der Waals surface area contributed by atoms with Gasteiger partial charge in [-0.05, 0) is 30.1 Å². The molecule has 3 nitrogen and oxygen atoms in total. The Kier molecular flexibility index (Phi) is 3.48. The monoisotopic (exact) mass is 316 g/mol. The lowest BCUT2D eigenvalue weighted by atomic mass is 9.52. The summed E-state index contributed by atoms with van der Waals surface area (Å²) < 4.78 is 0. The fourth-order valence-corrected chi connectivity index (χ4v) is 5.07. The van der Waals surface area contributed by atoms with E-state index in [1.165, 1.54) is 0 Å². The van der Waals surface area contributed by atoms with Crippen molar-refractivity contribution in [1.82, 2.24) is 0 Å². The molecular formula is C20H28O3. The van der Waals surface area contributed by atoms with Crippen LogP contribution in [-0.2, 0) is 5.41 Å². The summed E-state index contributed by atoms with van der Waals surface area (Å²) in [5.41, 5.74) is 1.70. The van der Waals surface area contributed by atoms with E-state index in [4.69, 9.17) is 0 Å². The zero-order chi connectivity index (χ0) is 17.2. The molecule has 0 radical (unpaired) electrons. The van der Waals surface area contributed by atoms with E-state index in [-0.39, 0.29) is 39.9 Å². The third-order valence-electron chi connectivity index (χ3n) is 6.15. The molecule has 1 saturated carbocycles. The molecule has 2 atom stereocenters. The Morgan fingerprint density at radius 3 is 2.26 bits per heavy atom. The highest BCUT2D eigenvalue weighted by Gasteiger charge is 2.50. The first kappa shape index (κ1) is 16.2. The summed E-state index contributed by atoms with van der Waals surface area (Å²) in [5, 5.41) is 32.0. The molecule has 0 saturated heterocycles. The first-order chi connectivity index (χ1) is 10.6. The molecular weight excluding hydrogens is 288 g/mol. The van der Waals surface area contributed by atoms with Crippen LogP contribution >= 0.6 is 0 Å². The second-order valence-corrected chi connectivity index (χ2v) is 8.50. The zero-order valence-electron chi connectivity index (χ0n) is 14.8. The van der Waals surface area contributed by atoms with E-state index in [0.29, 0.717) is 11.1 Å². The first-order valence-electron chi connectivity index (χ1n) is 8.60. The van der Waals surface area contributed by atoms with Crippen LogP contribution in [0, 0.1) is 11.3 Å². The van der Waals surface area contributed by atoms with E-state index in [9.17, 15) is 15.3 Å². The van der Waals surface area contributed by atoms with Gasteiger partial charge in [-0.25, -0.2) is 0 Å². The standard InChI is InChI=1S/C20H28O3/c1-11(2)14-16(21)12-7-8-13-19(3,4)9-6-10-20(13,5)15(12)18(23)17(14)22/h7-8,11,13,21-23H,6,9-10H2,1-5H3. The van der Waals surface area contributed by atoms with Gasteiger partial charge in [-0.15, -0.1) is 0 Å². The summed E-state index contributed by atoms with van der Waals surface area (Å²) in [4.78, 5) is 0. The molecule has 2 unspecified atom stereocenters. The number of hydrogen-bond donors (Lipinski definition) is 3. The van der Waals surface area contributed by atoms with E-state index >= 15 is 0 Å². The quantitative estimate of drug-likeness (QED) is 0.502. The lowest BCUT2D eigenvalue weighted by molar-refractivity contribution is 0.0885. The van der Waals surface area contributed by atoms with Gasteiger partial charge in [-0.1, -0.05) is 53.2 Å². The summed E-state index contributed by atoms with van der Waals surface area (Å²) in [6.45, 7) is 10.5. The fourth-order valence-electron chi connectivity index (χ4n) is 5.07. The van der Waals surface area contributed by atoms with Gasteiger partial charge in [-0.2, -0.15) is 0 Å². The summed E-state index contributed by atoms with van der Waals surface area (Å²) in [7, 11) is 0. The zero-order valence-corrected chi connectivity index (χ0v) is 14.8. The van der Waals surface area contributed by atoms with Gasteiger partial charge in [-0.3, -0.25) is 0 Å². The molecule has 1 aromatic carbocycles. The maximum Gasteiger partial charge on any atom is 0.165 e. The van der Waals surface area contributed by atoms with Crippen LogP contribution in [0.15, 0.2) is 6.08 Å². The van der Waals surface area contributed by atoms with Crippen LogP contribution in [0.4, 0.5) is 0 Å². The van der Waals surface area contributed by atoms with Crippen molar-refractivity contribution in [3.63, 3.8) is 0 Å². The van der Waals surface area contributed by atoms with Crippen molar-refractivity contribution in [2.24, 2.45) is 11.3 Å². The molecule has 2 aliphatic rings. The molecule has 0 spiro atoms. The van der Waals surface area contributed by atoms with Crippen molar-refractivity contribution in [1.29, 1.82) is 0 Å². The van der Waals surface area contributed by atoms with Crippen LogP contribution in [0.3, 0.4) is 0 Å². The lowest BCUT2D eigenvalue weighted by Gasteiger charge is -2.52. The SMILES string of the molecule is CC(C)c1c(O)c(O)c2c(c1O)C=CC1C(C)(C)CCCC21C. The highest BCUT2D eigenvalue weighted by atomic mass is 16.3. The highest BCUT2D eigenvalue weighted by Crippen LogP contribution is 2.61. The fraction of sp³-hybridized carbons (Fsp3) is 0.600. The van der Waals surface area contributed by atoms with Gasteiger partial charge in [0, 0.05) is 22.1 Å². The third kappa shape index (κ3) is 2.09. The Hall–Kier alpha value is -1.64. The van der Waals surface area contributed by atoms with E-state index in [0.717, 1.165) is 24.8 Å². The molecule has 1 fully saturated rings. The van der Waals surface area contributed by atoms with E-state index in [2.05, 4.69) is 26.8 Å². The van der Waals surface area contributed by atoms with Crippen molar-refractivity contribution in [3.05, 3.63) is 22.8 Å². The average molecular weight is 316 g/mol. The van der Waals surface area contributed by atoms with Gasteiger partial charge in [0.2, 0.25) is 0 Å². The molecule has 3 heteroatoms. The largest absolute Gasteiger partial charge is 0.507 e. The molecule has 23 heavy (non-hydrogen) atoms. The average Bonchev–Trinajstić information content (AvgIpc) is 2.43. The topological polar surface area (TPSA) is 60.7 Å². The predicted molar refractivity (Wildman–Crippen MR) is 93.0 cm³/mol. The van der Waals surface area contributed by atoms with Gasteiger partial charge < -0.3 is 15.3 Å². The molecule has 126 valence electrons. The second-order valence-electron chi connectivity index (χ2n) is 8.50. The van der Waals surface area contributed by atoms with Crippen LogP contribution in [0.2, 0.25) is 0 Å². The second kappa shape index (κ2) is 4.93. The first-order valence-corrected chi connectivity index (χ1v) is 8.60. The van der Waals surface area contributed by atoms with Crippen molar-refractivity contribution >= 4 is 6.08 Å². The normalized spacial score (nSPS) is 28.5. The molecule has 3 rings (SSSR count). The molecule has 0 heterocycles. The van der Waals surface area contributed by atoms with Gasteiger partial charge >= 0.3 is 0 Å². The van der Waals surface area contributed by atoms with E-state index in [1.807, 2.05) is 19.9 Å². The number of hydrogen-bond acceptors (Lipinski definition) is 3. The minimum Gasteiger partial charge on any atom is -0.507 e. The Bertz CT molecular complexity index is 685. The number of phenols is 3. The van der Waals surface area contributed by atoms with Crippen molar-refractivity contribution in [3.8, 4) is 17.2 Å². The van der Waals surface area contributed by atoms with Gasteiger partial charge in [0.15, 0.2) is 11.5 Å². The minimum absolute atomic E-state index is 0.0453. The highest BCUT2D eigenvalue weighted by molar-refractivity contribution is 5.75. The van der Waals surface area contributed by atoms with Crippen LogP contribution in [-0.4, -0.2) is 15.3 Å². The van der Waals surface area contributed by atoms with E-state index < -0.39 is 0 Å². The summed E-state index contributed by atoms with van der Waals surface area (Å²) >= 11 is 0. The Morgan fingerprint density at radius 1 is 1.00 bits per heavy atom. The summed E-state index contributed by atoms with van der Waals surface area (Å²) in [6.07, 6.45) is 7.32. The van der Waals surface area contributed by atoms with Crippen LogP contribution in [0.5, 0.6) is 17.2 Å². The predicted octanol–water partition coefficient (Wildman–Crippen LogP) is 5.04. The Morgan fingerprint density at radius 2 is 1.65 bits per heavy atom. The Labute approximate surface area is 138 Å². The Balaban J connectivity index is 2.32. The van der Waals surface area contributed by atoms with Crippen LogP contribution in [0.25, 0.3) is 6.08 Å². The minimum atomic E-state index is -0.264. The van der Waals surface area contributed by atoms with Gasteiger partial charge in [0.25, 0.3) is 0 Å². The number of rotatable bonds is 1. The van der Waals surface area contributed by atoms with Crippen LogP contribution in [0.1, 0.15) is 76.5 Å². The number of allylic oxidation sites excluding steroid dienone is 1. The van der Waals surface area contributed by atoms with E-state index in [1.54, 1.807) is 0 Å². The van der Waals surface area contributed by atoms with Crippen molar-refractivity contribution < 1.29 is 15.3 Å². The smallest absolute Gasteiger partial charge is 0.165 e. The van der Waals surface area contributed by atoms with Crippen LogP contribution < -0.4 is 0 Å². The van der Waals surface area contributed by atoms with Crippen molar-refractivity contribution in [2.75, 3.05) is 0 Å². The number of phenolic OH excluding ortho intramolecular Hbond substituents is 3. The number of benzene rings is 1.